The van der Waals surface area contributed by atoms with Gasteiger partial charge in [-0.25, -0.2) is 9.67 Å². The topological polar surface area (TPSA) is 42.7 Å². The zero-order valence-corrected chi connectivity index (χ0v) is 14.1. The zero-order valence-electron chi connectivity index (χ0n) is 13.3. The lowest BCUT2D eigenvalue weighted by atomic mass is 9.79. The molecule has 21 heavy (non-hydrogen) atoms. The minimum atomic E-state index is 0.292. The number of aromatic nitrogens is 3. The monoisotopic (exact) mass is 304 g/mol. The summed E-state index contributed by atoms with van der Waals surface area (Å²) in [6.45, 7) is 10.2. The van der Waals surface area contributed by atoms with E-state index in [0.717, 1.165) is 30.2 Å². The molecule has 0 saturated heterocycles. The van der Waals surface area contributed by atoms with Gasteiger partial charge in [-0.15, -0.1) is 11.3 Å². The fourth-order valence-corrected chi connectivity index (χ4v) is 3.38. The Balaban J connectivity index is 1.85. The lowest BCUT2D eigenvalue weighted by Crippen LogP contribution is -2.24. The molecular formula is C16H24N4S. The molecule has 1 aliphatic heterocycles. The van der Waals surface area contributed by atoms with Gasteiger partial charge in [-0.1, -0.05) is 27.7 Å². The van der Waals surface area contributed by atoms with Crippen molar-refractivity contribution in [1.29, 1.82) is 0 Å². The predicted molar refractivity (Wildman–Crippen MR) is 87.9 cm³/mol. The SMILES string of the molecule is CC(Cc1cc2n(n1)C(c1nccs1)CCN2)C(C)(C)C. The zero-order chi connectivity index (χ0) is 15.0. The fraction of sp³-hybridized carbons (Fsp3) is 0.625. The summed E-state index contributed by atoms with van der Waals surface area (Å²) < 4.78 is 2.13. The van der Waals surface area contributed by atoms with Crippen molar-refractivity contribution in [3.63, 3.8) is 0 Å². The molecule has 0 bridgehead atoms. The van der Waals surface area contributed by atoms with E-state index < -0.39 is 0 Å². The lowest BCUT2D eigenvalue weighted by Gasteiger charge is -2.26. The number of anilines is 1. The van der Waals surface area contributed by atoms with Crippen LogP contribution in [0.2, 0.25) is 0 Å². The quantitative estimate of drug-likeness (QED) is 0.933. The van der Waals surface area contributed by atoms with Crippen LogP contribution in [0.4, 0.5) is 5.82 Å². The van der Waals surface area contributed by atoms with Crippen LogP contribution in [0.5, 0.6) is 0 Å². The second-order valence-electron chi connectivity index (χ2n) is 7.04. The third-order valence-electron chi connectivity index (χ3n) is 4.54. The van der Waals surface area contributed by atoms with E-state index in [1.165, 1.54) is 5.69 Å². The highest BCUT2D eigenvalue weighted by Gasteiger charge is 2.27. The Morgan fingerprint density at radius 2 is 2.29 bits per heavy atom. The second-order valence-corrected chi connectivity index (χ2v) is 7.96. The van der Waals surface area contributed by atoms with Crippen LogP contribution in [0.1, 0.15) is 50.9 Å². The summed E-state index contributed by atoms with van der Waals surface area (Å²) in [6.07, 6.45) is 3.96. The van der Waals surface area contributed by atoms with Gasteiger partial charge in [-0.3, -0.25) is 0 Å². The summed E-state index contributed by atoms with van der Waals surface area (Å²) in [7, 11) is 0. The van der Waals surface area contributed by atoms with Gasteiger partial charge in [0.05, 0.1) is 5.69 Å². The van der Waals surface area contributed by atoms with Gasteiger partial charge in [0.1, 0.15) is 16.9 Å². The molecule has 1 aliphatic rings. The highest BCUT2D eigenvalue weighted by atomic mass is 32.1. The maximum atomic E-state index is 4.86. The minimum absolute atomic E-state index is 0.292. The van der Waals surface area contributed by atoms with Gasteiger partial charge in [-0.2, -0.15) is 5.10 Å². The first kappa shape index (κ1) is 14.6. The van der Waals surface area contributed by atoms with Crippen molar-refractivity contribution in [2.24, 2.45) is 11.3 Å². The molecule has 0 aliphatic carbocycles. The molecule has 0 radical (unpaired) electrons. The van der Waals surface area contributed by atoms with Gasteiger partial charge in [0.15, 0.2) is 0 Å². The molecule has 114 valence electrons. The summed E-state index contributed by atoms with van der Waals surface area (Å²) in [5.74, 6) is 1.74. The average molecular weight is 304 g/mol. The van der Waals surface area contributed by atoms with Gasteiger partial charge in [0.25, 0.3) is 0 Å². The standard InChI is InChI=1S/C16H24N4S/c1-11(16(2,3)4)9-12-10-14-17-6-5-13(20(14)19-12)15-18-7-8-21-15/h7-8,10-11,13,17H,5-6,9H2,1-4H3. The summed E-state index contributed by atoms with van der Waals surface area (Å²) in [6, 6.07) is 2.50. The highest BCUT2D eigenvalue weighted by Crippen LogP contribution is 2.33. The van der Waals surface area contributed by atoms with Crippen LogP contribution in [0, 0.1) is 11.3 Å². The molecule has 4 nitrogen and oxygen atoms in total. The molecular weight excluding hydrogens is 280 g/mol. The molecule has 0 aromatic carbocycles. The number of rotatable bonds is 3. The van der Waals surface area contributed by atoms with Crippen LogP contribution in [-0.4, -0.2) is 21.3 Å². The van der Waals surface area contributed by atoms with Crippen molar-refractivity contribution in [3.05, 3.63) is 28.3 Å². The van der Waals surface area contributed by atoms with Gasteiger partial charge in [0.2, 0.25) is 0 Å². The minimum Gasteiger partial charge on any atom is -0.370 e. The normalized spacial score (nSPS) is 19.9. The van der Waals surface area contributed by atoms with E-state index in [2.05, 4.69) is 48.7 Å². The van der Waals surface area contributed by atoms with E-state index in [1.807, 2.05) is 11.6 Å². The van der Waals surface area contributed by atoms with Crippen LogP contribution in [-0.2, 0) is 6.42 Å². The van der Waals surface area contributed by atoms with E-state index in [-0.39, 0.29) is 0 Å². The molecule has 0 fully saturated rings. The van der Waals surface area contributed by atoms with E-state index in [9.17, 15) is 0 Å². The number of hydrogen-bond acceptors (Lipinski definition) is 4. The Labute approximate surface area is 130 Å². The Bertz CT molecular complexity index is 594. The third-order valence-corrected chi connectivity index (χ3v) is 5.41. The van der Waals surface area contributed by atoms with Gasteiger partial charge in [0, 0.05) is 24.2 Å². The van der Waals surface area contributed by atoms with Crippen LogP contribution in [0.25, 0.3) is 0 Å². The Morgan fingerprint density at radius 3 is 2.95 bits per heavy atom. The number of fused-ring (bicyclic) bond motifs is 1. The van der Waals surface area contributed by atoms with Crippen molar-refractivity contribution in [2.45, 2.75) is 46.6 Å². The third kappa shape index (κ3) is 2.98. The molecule has 3 rings (SSSR count). The number of nitrogens with one attached hydrogen (secondary N) is 1. The molecule has 3 heterocycles. The lowest BCUT2D eigenvalue weighted by molar-refractivity contribution is 0.258. The molecule has 2 aromatic heterocycles. The number of hydrogen-bond donors (Lipinski definition) is 1. The highest BCUT2D eigenvalue weighted by molar-refractivity contribution is 7.09. The molecule has 2 unspecified atom stereocenters. The summed E-state index contributed by atoms with van der Waals surface area (Å²) >= 11 is 1.72. The van der Waals surface area contributed by atoms with Crippen molar-refractivity contribution in [1.82, 2.24) is 14.8 Å². The average Bonchev–Trinajstić information content (AvgIpc) is 3.05. The maximum absolute atomic E-state index is 4.86. The maximum Gasteiger partial charge on any atom is 0.125 e. The molecule has 0 amide bonds. The Kier molecular flexibility index (Phi) is 3.78. The second kappa shape index (κ2) is 5.44. The van der Waals surface area contributed by atoms with Gasteiger partial charge < -0.3 is 5.32 Å². The van der Waals surface area contributed by atoms with Crippen LogP contribution >= 0.6 is 11.3 Å². The van der Waals surface area contributed by atoms with E-state index >= 15 is 0 Å². The van der Waals surface area contributed by atoms with Crippen molar-refractivity contribution in [3.8, 4) is 0 Å². The smallest absolute Gasteiger partial charge is 0.125 e. The number of thiazole rings is 1. The van der Waals surface area contributed by atoms with Crippen molar-refractivity contribution in [2.75, 3.05) is 11.9 Å². The first-order valence-electron chi connectivity index (χ1n) is 7.67. The summed E-state index contributed by atoms with van der Waals surface area (Å²) in [5.41, 5.74) is 1.50. The summed E-state index contributed by atoms with van der Waals surface area (Å²) in [4.78, 5) is 4.48. The van der Waals surface area contributed by atoms with E-state index in [0.29, 0.717) is 17.4 Å². The van der Waals surface area contributed by atoms with Crippen molar-refractivity contribution < 1.29 is 0 Å². The predicted octanol–water partition coefficient (Wildman–Crippen LogP) is 3.97. The van der Waals surface area contributed by atoms with E-state index in [4.69, 9.17) is 5.10 Å². The number of nitrogens with zero attached hydrogens (tertiary/aromatic N) is 3. The molecule has 1 N–H and O–H groups in total. The summed E-state index contributed by atoms with van der Waals surface area (Å²) in [5, 5.41) is 11.5. The first-order valence-corrected chi connectivity index (χ1v) is 8.55. The Hall–Kier alpha value is -1.36. The largest absolute Gasteiger partial charge is 0.370 e. The molecule has 0 saturated carbocycles. The molecule has 2 aromatic rings. The molecule has 0 spiro atoms. The van der Waals surface area contributed by atoms with E-state index in [1.54, 1.807) is 11.3 Å². The van der Waals surface area contributed by atoms with Crippen LogP contribution < -0.4 is 5.32 Å². The van der Waals surface area contributed by atoms with Gasteiger partial charge in [-0.05, 0) is 24.2 Å². The fourth-order valence-electron chi connectivity index (χ4n) is 2.62. The van der Waals surface area contributed by atoms with Crippen LogP contribution in [0.3, 0.4) is 0 Å². The molecule has 5 heteroatoms. The van der Waals surface area contributed by atoms with Crippen LogP contribution in [0.15, 0.2) is 17.6 Å². The first-order chi connectivity index (χ1) is 9.95. The van der Waals surface area contributed by atoms with Crippen molar-refractivity contribution >= 4 is 17.2 Å². The Morgan fingerprint density at radius 1 is 1.48 bits per heavy atom. The molecule has 2 atom stereocenters. The van der Waals surface area contributed by atoms with Gasteiger partial charge >= 0.3 is 0 Å².